The number of nitrogens with zero attached hydrogens (tertiary/aromatic N) is 1. The van der Waals surface area contributed by atoms with Gasteiger partial charge in [0.05, 0.1) is 0 Å². The van der Waals surface area contributed by atoms with Crippen molar-refractivity contribution in [3.63, 3.8) is 0 Å². The first-order chi connectivity index (χ1) is 14.3. The number of amides is 2. The molecule has 0 aliphatic heterocycles. The van der Waals surface area contributed by atoms with E-state index in [1.807, 2.05) is 38.1 Å². The Morgan fingerprint density at radius 3 is 2.07 bits per heavy atom. The molecule has 5 heteroatoms. The summed E-state index contributed by atoms with van der Waals surface area (Å²) in [5, 5.41) is 2.96. The third kappa shape index (κ3) is 7.86. The predicted molar refractivity (Wildman–Crippen MR) is 126 cm³/mol. The van der Waals surface area contributed by atoms with Crippen LogP contribution < -0.4 is 5.32 Å². The van der Waals surface area contributed by atoms with Gasteiger partial charge in [0.15, 0.2) is 0 Å². The zero-order chi connectivity index (χ0) is 22.1. The molecular weight excluding hydrogens is 392 g/mol. The number of carbonyl (C=O) groups excluding carboxylic acids is 2. The molecule has 0 aliphatic rings. The van der Waals surface area contributed by atoms with Crippen LogP contribution in [0.2, 0.25) is 0 Å². The standard InChI is InChI=1S/C25H34N2O2S/c1-18(2)16-26-25(29)21(5)27(17-22-10-6-19(3)7-11-22)24(28)14-15-30-23-12-8-20(4)9-13-23/h6-13,18,21H,14-17H2,1-5H3,(H,26,29)/t21-/m0/s1. The zero-order valence-electron chi connectivity index (χ0n) is 18.8. The lowest BCUT2D eigenvalue weighted by atomic mass is 10.1. The van der Waals surface area contributed by atoms with Crippen LogP contribution in [-0.4, -0.2) is 35.1 Å². The van der Waals surface area contributed by atoms with Gasteiger partial charge in [-0.3, -0.25) is 9.59 Å². The molecule has 30 heavy (non-hydrogen) atoms. The third-order valence-electron chi connectivity index (χ3n) is 4.93. The van der Waals surface area contributed by atoms with E-state index in [0.29, 0.717) is 31.2 Å². The summed E-state index contributed by atoms with van der Waals surface area (Å²) in [7, 11) is 0. The highest BCUT2D eigenvalue weighted by Crippen LogP contribution is 2.20. The second-order valence-electron chi connectivity index (χ2n) is 8.23. The number of hydrogen-bond donors (Lipinski definition) is 1. The van der Waals surface area contributed by atoms with Crippen molar-refractivity contribution in [3.8, 4) is 0 Å². The van der Waals surface area contributed by atoms with Gasteiger partial charge in [0.1, 0.15) is 6.04 Å². The Bertz CT molecular complexity index is 816. The van der Waals surface area contributed by atoms with Crippen molar-refractivity contribution in [1.29, 1.82) is 0 Å². The van der Waals surface area contributed by atoms with Crippen molar-refractivity contribution >= 4 is 23.6 Å². The maximum Gasteiger partial charge on any atom is 0.242 e. The quantitative estimate of drug-likeness (QED) is 0.546. The van der Waals surface area contributed by atoms with E-state index >= 15 is 0 Å². The lowest BCUT2D eigenvalue weighted by Crippen LogP contribution is -2.48. The Labute approximate surface area is 185 Å². The molecule has 4 nitrogen and oxygen atoms in total. The fourth-order valence-electron chi connectivity index (χ4n) is 2.96. The molecule has 2 aromatic carbocycles. The van der Waals surface area contributed by atoms with Gasteiger partial charge in [-0.15, -0.1) is 11.8 Å². The minimum Gasteiger partial charge on any atom is -0.354 e. The van der Waals surface area contributed by atoms with E-state index in [9.17, 15) is 9.59 Å². The van der Waals surface area contributed by atoms with Crippen molar-refractivity contribution in [2.24, 2.45) is 5.92 Å². The molecule has 0 saturated carbocycles. The van der Waals surface area contributed by atoms with Gasteiger partial charge in [0, 0.05) is 30.2 Å². The Kier molecular flexibility index (Phi) is 9.44. The van der Waals surface area contributed by atoms with E-state index in [2.05, 4.69) is 50.4 Å². The van der Waals surface area contributed by atoms with E-state index < -0.39 is 6.04 Å². The van der Waals surface area contributed by atoms with Gasteiger partial charge in [-0.2, -0.15) is 0 Å². The predicted octanol–water partition coefficient (Wildman–Crippen LogP) is 4.98. The normalized spacial score (nSPS) is 11.9. The fraction of sp³-hybridized carbons (Fsp3) is 0.440. The molecule has 0 unspecified atom stereocenters. The van der Waals surface area contributed by atoms with Gasteiger partial charge in [0.25, 0.3) is 0 Å². The molecule has 0 bridgehead atoms. The first-order valence-corrected chi connectivity index (χ1v) is 11.6. The first-order valence-electron chi connectivity index (χ1n) is 10.6. The second-order valence-corrected chi connectivity index (χ2v) is 9.40. The Hall–Kier alpha value is -2.27. The molecule has 0 saturated heterocycles. The summed E-state index contributed by atoms with van der Waals surface area (Å²) in [5.41, 5.74) is 3.43. The lowest BCUT2D eigenvalue weighted by molar-refractivity contribution is -0.140. The van der Waals surface area contributed by atoms with E-state index in [1.54, 1.807) is 16.7 Å². The average Bonchev–Trinajstić information content (AvgIpc) is 2.72. The topological polar surface area (TPSA) is 49.4 Å². The molecule has 2 aromatic rings. The summed E-state index contributed by atoms with van der Waals surface area (Å²) in [6.07, 6.45) is 0.395. The Morgan fingerprint density at radius 1 is 0.933 bits per heavy atom. The third-order valence-corrected chi connectivity index (χ3v) is 5.94. The van der Waals surface area contributed by atoms with Crippen LogP contribution in [0, 0.1) is 19.8 Å². The van der Waals surface area contributed by atoms with Crippen LogP contribution in [0.3, 0.4) is 0 Å². The Morgan fingerprint density at radius 2 is 1.50 bits per heavy atom. The van der Waals surface area contributed by atoms with Crippen molar-refractivity contribution in [3.05, 3.63) is 65.2 Å². The first kappa shape index (κ1) is 24.0. The molecule has 0 spiro atoms. The second kappa shape index (κ2) is 11.8. The van der Waals surface area contributed by atoms with Crippen molar-refractivity contribution < 1.29 is 9.59 Å². The van der Waals surface area contributed by atoms with E-state index in [-0.39, 0.29) is 11.8 Å². The van der Waals surface area contributed by atoms with E-state index in [1.165, 1.54) is 11.1 Å². The Balaban J connectivity index is 2.04. The molecule has 0 aromatic heterocycles. The van der Waals surface area contributed by atoms with Crippen LogP contribution in [0.5, 0.6) is 0 Å². The number of nitrogens with one attached hydrogen (secondary N) is 1. The lowest BCUT2D eigenvalue weighted by Gasteiger charge is -2.29. The van der Waals surface area contributed by atoms with Crippen molar-refractivity contribution in [1.82, 2.24) is 10.2 Å². The van der Waals surface area contributed by atoms with Crippen LogP contribution in [-0.2, 0) is 16.1 Å². The van der Waals surface area contributed by atoms with Gasteiger partial charge in [0.2, 0.25) is 11.8 Å². The molecule has 2 amide bonds. The zero-order valence-corrected chi connectivity index (χ0v) is 19.6. The van der Waals surface area contributed by atoms with Gasteiger partial charge in [-0.25, -0.2) is 0 Å². The maximum atomic E-state index is 13.1. The van der Waals surface area contributed by atoms with Crippen LogP contribution in [0.4, 0.5) is 0 Å². The van der Waals surface area contributed by atoms with E-state index in [4.69, 9.17) is 0 Å². The molecule has 0 aliphatic carbocycles. The molecule has 2 rings (SSSR count). The number of hydrogen-bond acceptors (Lipinski definition) is 3. The summed E-state index contributed by atoms with van der Waals surface area (Å²) in [5.74, 6) is 0.957. The number of thioether (sulfide) groups is 1. The van der Waals surface area contributed by atoms with Crippen LogP contribution >= 0.6 is 11.8 Å². The number of aryl methyl sites for hydroxylation is 2. The van der Waals surface area contributed by atoms with Crippen LogP contribution in [0.1, 0.15) is 43.9 Å². The van der Waals surface area contributed by atoms with Gasteiger partial charge < -0.3 is 10.2 Å². The largest absolute Gasteiger partial charge is 0.354 e. The van der Waals surface area contributed by atoms with Crippen molar-refractivity contribution in [2.75, 3.05) is 12.3 Å². The van der Waals surface area contributed by atoms with Crippen LogP contribution in [0.15, 0.2) is 53.4 Å². The monoisotopic (exact) mass is 426 g/mol. The summed E-state index contributed by atoms with van der Waals surface area (Å²) >= 11 is 1.67. The smallest absolute Gasteiger partial charge is 0.242 e. The molecule has 0 fully saturated rings. The number of rotatable bonds is 10. The summed E-state index contributed by atoms with van der Waals surface area (Å²) < 4.78 is 0. The van der Waals surface area contributed by atoms with E-state index in [0.717, 1.165) is 10.5 Å². The maximum absolute atomic E-state index is 13.1. The summed E-state index contributed by atoms with van der Waals surface area (Å²) in [4.78, 5) is 28.6. The summed E-state index contributed by atoms with van der Waals surface area (Å²) in [6, 6.07) is 15.9. The van der Waals surface area contributed by atoms with Crippen molar-refractivity contribution in [2.45, 2.75) is 58.5 Å². The minimum absolute atomic E-state index is 0.00221. The highest BCUT2D eigenvalue weighted by molar-refractivity contribution is 7.99. The number of carbonyl (C=O) groups is 2. The highest BCUT2D eigenvalue weighted by Gasteiger charge is 2.25. The van der Waals surface area contributed by atoms with Gasteiger partial charge in [-0.1, -0.05) is 61.4 Å². The minimum atomic E-state index is -0.512. The van der Waals surface area contributed by atoms with Crippen LogP contribution in [0.25, 0.3) is 0 Å². The number of benzene rings is 2. The van der Waals surface area contributed by atoms with Gasteiger partial charge >= 0.3 is 0 Å². The SMILES string of the molecule is Cc1ccc(CN(C(=O)CCSc2ccc(C)cc2)[C@@H](C)C(=O)NCC(C)C)cc1. The molecular formula is C25H34N2O2S. The highest BCUT2D eigenvalue weighted by atomic mass is 32.2. The summed E-state index contributed by atoms with van der Waals surface area (Å²) in [6.45, 7) is 11.1. The fourth-order valence-corrected chi connectivity index (χ4v) is 3.80. The molecule has 162 valence electrons. The average molecular weight is 427 g/mol. The molecule has 0 radical (unpaired) electrons. The molecule has 0 heterocycles. The molecule has 1 atom stereocenters. The van der Waals surface area contributed by atoms with Gasteiger partial charge in [-0.05, 0) is 44.4 Å². The molecule has 1 N–H and O–H groups in total.